The van der Waals surface area contributed by atoms with Gasteiger partial charge in [-0.1, -0.05) is 6.07 Å². The second-order valence-corrected chi connectivity index (χ2v) is 5.65. The zero-order valence-electron chi connectivity index (χ0n) is 13.3. The van der Waals surface area contributed by atoms with Crippen molar-refractivity contribution in [3.8, 4) is 11.5 Å². The van der Waals surface area contributed by atoms with Crippen molar-refractivity contribution in [1.82, 2.24) is 5.32 Å². The topological polar surface area (TPSA) is 169 Å². The van der Waals surface area contributed by atoms with E-state index in [1.807, 2.05) is 0 Å². The number of carboxylic acids is 1. The van der Waals surface area contributed by atoms with Crippen LogP contribution in [0.4, 0.5) is 0 Å². The van der Waals surface area contributed by atoms with Crippen LogP contribution in [-0.2, 0) is 9.53 Å². The van der Waals surface area contributed by atoms with Crippen molar-refractivity contribution in [3.05, 3.63) is 23.8 Å². The molecule has 7 N–H and O–H groups in total. The molecule has 0 spiro atoms. The van der Waals surface area contributed by atoms with E-state index in [1.54, 1.807) is 7.05 Å². The lowest BCUT2D eigenvalue weighted by atomic mass is 9.99. The summed E-state index contributed by atoms with van der Waals surface area (Å²) in [5.41, 5.74) is 0.406. The quantitative estimate of drug-likeness (QED) is 0.299. The number of benzene rings is 1. The lowest BCUT2D eigenvalue weighted by Crippen LogP contribution is -2.61. The van der Waals surface area contributed by atoms with Crippen molar-refractivity contribution >= 4 is 5.97 Å². The molecule has 1 unspecified atom stereocenters. The standard InChI is InChI=1S/C15H21NO9/c1-16-5-8(18)6-2-3-9(7(17)4-6)24-15-12(21)10(19)11(20)13(25-15)14(22)23/h2-4,8,10-13,15-21H,5H2,1H3,(H,22,23)/t8?,10-,11-,12+,13-,15+/m0/s1. The summed E-state index contributed by atoms with van der Waals surface area (Å²) in [5.74, 6) is -2.07. The molecule has 1 saturated heterocycles. The van der Waals surface area contributed by atoms with E-state index in [2.05, 4.69) is 5.32 Å². The summed E-state index contributed by atoms with van der Waals surface area (Å²) in [5, 5.41) is 60.8. The number of hydrogen-bond acceptors (Lipinski definition) is 9. The first-order valence-electron chi connectivity index (χ1n) is 7.51. The van der Waals surface area contributed by atoms with Crippen molar-refractivity contribution in [2.24, 2.45) is 0 Å². The molecule has 0 radical (unpaired) electrons. The first-order chi connectivity index (χ1) is 11.8. The molecule has 0 amide bonds. The Bertz CT molecular complexity index is 611. The summed E-state index contributed by atoms with van der Waals surface area (Å²) >= 11 is 0. The average Bonchev–Trinajstić information content (AvgIpc) is 2.56. The third kappa shape index (κ3) is 4.18. The minimum Gasteiger partial charge on any atom is -0.504 e. The lowest BCUT2D eigenvalue weighted by Gasteiger charge is -2.38. The van der Waals surface area contributed by atoms with Gasteiger partial charge in [-0.2, -0.15) is 0 Å². The number of aromatic hydroxyl groups is 1. The number of rotatable bonds is 6. The van der Waals surface area contributed by atoms with Crippen LogP contribution in [0.5, 0.6) is 11.5 Å². The number of nitrogens with one attached hydrogen (secondary N) is 1. The Labute approximate surface area is 142 Å². The Morgan fingerprint density at radius 1 is 1.28 bits per heavy atom. The third-order valence-corrected chi connectivity index (χ3v) is 3.82. The Morgan fingerprint density at radius 3 is 2.52 bits per heavy atom. The molecule has 1 aliphatic heterocycles. The molecular formula is C15H21NO9. The fourth-order valence-corrected chi connectivity index (χ4v) is 2.43. The lowest BCUT2D eigenvalue weighted by molar-refractivity contribution is -0.271. The Hall–Kier alpha value is -1.95. The minimum absolute atomic E-state index is 0.155. The van der Waals surface area contributed by atoms with E-state index in [0.717, 1.165) is 0 Å². The van der Waals surface area contributed by atoms with Gasteiger partial charge in [-0.05, 0) is 24.7 Å². The number of ether oxygens (including phenoxy) is 2. The second-order valence-electron chi connectivity index (χ2n) is 5.65. The molecule has 0 bridgehead atoms. The van der Waals surface area contributed by atoms with E-state index in [4.69, 9.17) is 14.6 Å². The molecule has 0 aliphatic carbocycles. The third-order valence-electron chi connectivity index (χ3n) is 3.82. The van der Waals surface area contributed by atoms with Crippen LogP contribution in [0.1, 0.15) is 11.7 Å². The predicted molar refractivity (Wildman–Crippen MR) is 81.9 cm³/mol. The van der Waals surface area contributed by atoms with E-state index in [1.165, 1.54) is 18.2 Å². The summed E-state index contributed by atoms with van der Waals surface area (Å²) in [6.07, 6.45) is -9.67. The number of carbonyl (C=O) groups is 1. The van der Waals surface area contributed by atoms with Crippen molar-refractivity contribution < 1.29 is 44.9 Å². The van der Waals surface area contributed by atoms with E-state index < -0.39 is 42.8 Å². The highest BCUT2D eigenvalue weighted by atomic mass is 16.7. The fraction of sp³-hybridized carbons (Fsp3) is 0.533. The minimum atomic E-state index is -1.83. The molecular weight excluding hydrogens is 338 g/mol. The largest absolute Gasteiger partial charge is 0.504 e. The molecule has 0 aromatic heterocycles. The fourth-order valence-electron chi connectivity index (χ4n) is 2.43. The number of hydrogen-bond donors (Lipinski definition) is 7. The molecule has 1 aromatic rings. The number of aliphatic hydroxyl groups is 4. The summed E-state index contributed by atoms with van der Waals surface area (Å²) in [4.78, 5) is 11.0. The van der Waals surface area contributed by atoms with E-state index in [9.17, 15) is 30.3 Å². The first kappa shape index (κ1) is 19.4. The number of aliphatic hydroxyl groups excluding tert-OH is 4. The SMILES string of the molecule is CNCC(O)c1ccc(O[C@@H]2O[C@H](C(=O)O)[C@@H](O)[C@H](O)[C@H]2O)c(O)c1. The molecule has 25 heavy (non-hydrogen) atoms. The number of phenolic OH excluding ortho intramolecular Hbond substituents is 1. The summed E-state index contributed by atoms with van der Waals surface area (Å²) in [7, 11) is 1.65. The van der Waals surface area contributed by atoms with Crippen LogP contribution in [0, 0.1) is 0 Å². The van der Waals surface area contributed by atoms with Gasteiger partial charge in [0.1, 0.15) is 18.3 Å². The molecule has 1 fully saturated rings. The molecule has 6 atom stereocenters. The Balaban J connectivity index is 2.16. The maximum absolute atomic E-state index is 11.0. The number of aliphatic carboxylic acids is 1. The normalized spacial score (nSPS) is 30.7. The number of likely N-dealkylation sites (N-methyl/N-ethyl adjacent to an activating group) is 1. The van der Waals surface area contributed by atoms with Crippen LogP contribution >= 0.6 is 0 Å². The van der Waals surface area contributed by atoms with Gasteiger partial charge in [0.05, 0.1) is 6.10 Å². The van der Waals surface area contributed by atoms with Crippen LogP contribution in [0.25, 0.3) is 0 Å². The predicted octanol–water partition coefficient (Wildman–Crippen LogP) is -2.08. The monoisotopic (exact) mass is 359 g/mol. The van der Waals surface area contributed by atoms with E-state index in [-0.39, 0.29) is 18.0 Å². The number of carboxylic acid groups (broad SMARTS) is 1. The van der Waals surface area contributed by atoms with Gasteiger partial charge in [-0.25, -0.2) is 4.79 Å². The van der Waals surface area contributed by atoms with Gasteiger partial charge in [0.2, 0.25) is 6.29 Å². The van der Waals surface area contributed by atoms with E-state index in [0.29, 0.717) is 5.56 Å². The van der Waals surface area contributed by atoms with Crippen molar-refractivity contribution in [2.45, 2.75) is 36.8 Å². The Kier molecular flexibility index (Phi) is 6.16. The van der Waals surface area contributed by atoms with Gasteiger partial charge >= 0.3 is 5.97 Å². The van der Waals surface area contributed by atoms with Crippen molar-refractivity contribution in [3.63, 3.8) is 0 Å². The highest BCUT2D eigenvalue weighted by Crippen LogP contribution is 2.32. The van der Waals surface area contributed by atoms with Crippen molar-refractivity contribution in [2.75, 3.05) is 13.6 Å². The molecule has 140 valence electrons. The van der Waals surface area contributed by atoms with Crippen LogP contribution in [0.3, 0.4) is 0 Å². The average molecular weight is 359 g/mol. The van der Waals surface area contributed by atoms with Crippen LogP contribution in [0.2, 0.25) is 0 Å². The highest BCUT2D eigenvalue weighted by Gasteiger charge is 2.48. The number of phenols is 1. The highest BCUT2D eigenvalue weighted by molar-refractivity contribution is 5.73. The van der Waals surface area contributed by atoms with Crippen molar-refractivity contribution in [1.29, 1.82) is 0 Å². The molecule has 0 saturated carbocycles. The second kappa shape index (κ2) is 7.95. The Morgan fingerprint density at radius 2 is 1.96 bits per heavy atom. The van der Waals surface area contributed by atoms with Crippen LogP contribution < -0.4 is 10.1 Å². The first-order valence-corrected chi connectivity index (χ1v) is 7.51. The van der Waals surface area contributed by atoms with Gasteiger partial charge in [-0.15, -0.1) is 0 Å². The molecule has 1 aliphatic rings. The molecule has 10 nitrogen and oxygen atoms in total. The molecule has 2 rings (SSSR count). The van der Waals surface area contributed by atoms with Gasteiger partial charge in [-0.3, -0.25) is 0 Å². The van der Waals surface area contributed by atoms with Gasteiger partial charge in [0, 0.05) is 6.54 Å². The molecule has 10 heteroatoms. The van der Waals surface area contributed by atoms with Gasteiger partial charge in [0.15, 0.2) is 17.6 Å². The molecule has 1 aromatic carbocycles. The van der Waals surface area contributed by atoms with Gasteiger partial charge in [0.25, 0.3) is 0 Å². The smallest absolute Gasteiger partial charge is 0.335 e. The van der Waals surface area contributed by atoms with Gasteiger partial charge < -0.3 is 45.4 Å². The zero-order chi connectivity index (χ0) is 18.7. The maximum Gasteiger partial charge on any atom is 0.335 e. The summed E-state index contributed by atoms with van der Waals surface area (Å²) in [6.45, 7) is 0.258. The van der Waals surface area contributed by atoms with Crippen LogP contribution in [0.15, 0.2) is 18.2 Å². The zero-order valence-corrected chi connectivity index (χ0v) is 13.3. The maximum atomic E-state index is 11.0. The van der Waals surface area contributed by atoms with Crippen LogP contribution in [-0.4, -0.2) is 80.9 Å². The van der Waals surface area contributed by atoms with E-state index >= 15 is 0 Å². The summed E-state index contributed by atoms with van der Waals surface area (Å²) < 4.78 is 10.2. The molecule has 1 heterocycles. The summed E-state index contributed by atoms with van der Waals surface area (Å²) in [6, 6.07) is 4.01.